The van der Waals surface area contributed by atoms with E-state index in [-0.39, 0.29) is 22.7 Å². The summed E-state index contributed by atoms with van der Waals surface area (Å²) in [5.74, 6) is -0.796. The van der Waals surface area contributed by atoms with Gasteiger partial charge in [0.05, 0.1) is 11.8 Å². The van der Waals surface area contributed by atoms with Crippen LogP contribution < -0.4 is 9.47 Å². The second-order valence-corrected chi connectivity index (χ2v) is 4.31. The zero-order valence-corrected chi connectivity index (χ0v) is 11.2. The van der Waals surface area contributed by atoms with Crippen LogP contribution in [0.25, 0.3) is 11.2 Å². The number of halogens is 3. The van der Waals surface area contributed by atoms with Crippen molar-refractivity contribution in [3.8, 4) is 17.4 Å². The van der Waals surface area contributed by atoms with Crippen molar-refractivity contribution < 1.29 is 27.4 Å². The highest BCUT2D eigenvalue weighted by atomic mass is 19.4. The summed E-state index contributed by atoms with van der Waals surface area (Å²) in [4.78, 5) is 21.5. The Morgan fingerprint density at radius 2 is 1.91 bits per heavy atom. The van der Waals surface area contributed by atoms with Gasteiger partial charge in [0, 0.05) is 6.20 Å². The monoisotopic (exact) mass is 322 g/mol. The number of aromatic amines is 1. The van der Waals surface area contributed by atoms with Crippen molar-refractivity contribution in [2.75, 3.05) is 0 Å². The summed E-state index contributed by atoms with van der Waals surface area (Å²) in [5.41, 5.74) is 0.667. The maximum absolute atomic E-state index is 12.4. The van der Waals surface area contributed by atoms with Gasteiger partial charge < -0.3 is 14.5 Å². The zero-order valence-electron chi connectivity index (χ0n) is 11.2. The number of benzene rings is 1. The lowest BCUT2D eigenvalue weighted by molar-refractivity contribution is -0.275. The van der Waals surface area contributed by atoms with Crippen molar-refractivity contribution in [2.24, 2.45) is 0 Å². The fraction of sp³-hybridized carbons (Fsp3) is 0.0714. The van der Waals surface area contributed by atoms with Crippen molar-refractivity contribution in [3.05, 3.63) is 42.2 Å². The minimum atomic E-state index is -4.85. The van der Waals surface area contributed by atoms with Gasteiger partial charge in [-0.15, -0.1) is 13.2 Å². The van der Waals surface area contributed by atoms with Crippen molar-refractivity contribution in [1.29, 1.82) is 0 Å². The third-order valence-electron chi connectivity index (χ3n) is 2.76. The number of rotatable bonds is 4. The summed E-state index contributed by atoms with van der Waals surface area (Å²) in [7, 11) is 0. The Labute approximate surface area is 126 Å². The first-order chi connectivity index (χ1) is 11.0. The van der Waals surface area contributed by atoms with Gasteiger partial charge in [-0.1, -0.05) is 12.1 Å². The molecule has 0 aliphatic heterocycles. The number of hydrogen-bond acceptors (Lipinski definition) is 5. The highest BCUT2D eigenvalue weighted by molar-refractivity contribution is 5.93. The molecule has 1 N–H and O–H groups in total. The molecular formula is C14H7F3N3O3. The van der Waals surface area contributed by atoms with E-state index >= 15 is 0 Å². The second-order valence-electron chi connectivity index (χ2n) is 4.31. The molecule has 1 aromatic carbocycles. The Morgan fingerprint density at radius 1 is 1.17 bits per heavy atom. The van der Waals surface area contributed by atoms with Gasteiger partial charge in [-0.25, -0.2) is 9.97 Å². The van der Waals surface area contributed by atoms with Crippen LogP contribution in [-0.2, 0) is 4.79 Å². The molecule has 0 aliphatic carbocycles. The van der Waals surface area contributed by atoms with Crippen LogP contribution >= 0.6 is 0 Å². The van der Waals surface area contributed by atoms with Crippen LogP contribution in [0.4, 0.5) is 13.2 Å². The van der Waals surface area contributed by atoms with Crippen molar-refractivity contribution in [3.63, 3.8) is 0 Å². The van der Waals surface area contributed by atoms with Gasteiger partial charge >= 0.3 is 6.36 Å². The molecule has 0 aliphatic rings. The molecule has 2 heterocycles. The fourth-order valence-corrected chi connectivity index (χ4v) is 1.86. The molecule has 3 rings (SSSR count). The van der Waals surface area contributed by atoms with E-state index in [0.717, 1.165) is 6.07 Å². The van der Waals surface area contributed by atoms with Crippen LogP contribution in [-0.4, -0.2) is 27.6 Å². The molecule has 0 spiro atoms. The Hall–Kier alpha value is -3.10. The van der Waals surface area contributed by atoms with Crippen molar-refractivity contribution in [1.82, 2.24) is 15.0 Å². The Bertz CT molecular complexity index is 861. The number of nitrogens with one attached hydrogen (secondary N) is 1. The lowest BCUT2D eigenvalue weighted by Crippen LogP contribution is -2.17. The predicted octanol–water partition coefficient (Wildman–Crippen LogP) is 3.11. The SMILES string of the molecule is O=[C]c1c[nH]c2ncc(Oc3ccccc3OC(F)(F)F)nc12. The highest BCUT2D eigenvalue weighted by Gasteiger charge is 2.32. The maximum Gasteiger partial charge on any atom is 0.573 e. The van der Waals surface area contributed by atoms with E-state index in [2.05, 4.69) is 19.7 Å². The topological polar surface area (TPSA) is 77.1 Å². The van der Waals surface area contributed by atoms with Crippen LogP contribution in [0.1, 0.15) is 5.56 Å². The Morgan fingerprint density at radius 3 is 2.61 bits per heavy atom. The largest absolute Gasteiger partial charge is 0.573 e. The van der Waals surface area contributed by atoms with E-state index in [4.69, 9.17) is 4.74 Å². The zero-order chi connectivity index (χ0) is 16.4. The molecule has 9 heteroatoms. The maximum atomic E-state index is 12.4. The molecule has 0 amide bonds. The van der Waals surface area contributed by atoms with Crippen LogP contribution in [0.2, 0.25) is 0 Å². The van der Waals surface area contributed by atoms with Gasteiger partial charge in [-0.2, -0.15) is 0 Å². The van der Waals surface area contributed by atoms with Gasteiger partial charge in [-0.3, -0.25) is 4.79 Å². The number of hydrogen-bond donors (Lipinski definition) is 1. The summed E-state index contributed by atoms with van der Waals surface area (Å²) in [6.07, 6.45) is -0.612. The van der Waals surface area contributed by atoms with E-state index < -0.39 is 12.1 Å². The Kier molecular flexibility index (Phi) is 3.61. The molecule has 2 aromatic heterocycles. The molecule has 0 bridgehead atoms. The average molecular weight is 322 g/mol. The van der Waals surface area contributed by atoms with Crippen molar-refractivity contribution in [2.45, 2.75) is 6.36 Å². The third-order valence-corrected chi connectivity index (χ3v) is 2.76. The smallest absolute Gasteiger partial charge is 0.434 e. The molecule has 117 valence electrons. The molecule has 0 saturated heterocycles. The van der Waals surface area contributed by atoms with Crippen LogP contribution in [0.15, 0.2) is 36.7 Å². The molecule has 0 atom stereocenters. The Balaban J connectivity index is 1.94. The van der Waals surface area contributed by atoms with Gasteiger partial charge in [0.25, 0.3) is 0 Å². The molecule has 1 radical (unpaired) electrons. The molecule has 0 saturated carbocycles. The van der Waals surface area contributed by atoms with Crippen LogP contribution in [0, 0.1) is 0 Å². The average Bonchev–Trinajstić information content (AvgIpc) is 2.90. The summed E-state index contributed by atoms with van der Waals surface area (Å²) < 4.78 is 46.3. The van der Waals surface area contributed by atoms with Gasteiger partial charge in [0.2, 0.25) is 12.2 Å². The quantitative estimate of drug-likeness (QED) is 0.798. The molecule has 0 fully saturated rings. The van der Waals surface area contributed by atoms with E-state index in [0.29, 0.717) is 5.65 Å². The summed E-state index contributed by atoms with van der Waals surface area (Å²) >= 11 is 0. The number of H-pyrrole nitrogens is 1. The van der Waals surface area contributed by atoms with Crippen molar-refractivity contribution >= 4 is 17.5 Å². The number of carbonyl (C=O) groups excluding carboxylic acids is 1. The first-order valence-electron chi connectivity index (χ1n) is 6.21. The number of aromatic nitrogens is 3. The van der Waals surface area contributed by atoms with E-state index in [1.165, 1.54) is 30.6 Å². The number of para-hydroxylation sites is 2. The fourth-order valence-electron chi connectivity index (χ4n) is 1.86. The van der Waals surface area contributed by atoms with E-state index in [1.807, 2.05) is 0 Å². The van der Waals surface area contributed by atoms with Gasteiger partial charge in [-0.05, 0) is 12.1 Å². The highest BCUT2D eigenvalue weighted by Crippen LogP contribution is 2.34. The van der Waals surface area contributed by atoms with Gasteiger partial charge in [0.15, 0.2) is 17.1 Å². The van der Waals surface area contributed by atoms with Gasteiger partial charge in [0.1, 0.15) is 5.52 Å². The molecule has 3 aromatic rings. The van der Waals surface area contributed by atoms with E-state index in [9.17, 15) is 18.0 Å². The first kappa shape index (κ1) is 14.8. The lowest BCUT2D eigenvalue weighted by Gasteiger charge is -2.13. The predicted molar refractivity (Wildman–Crippen MR) is 71.9 cm³/mol. The van der Waals surface area contributed by atoms with Crippen LogP contribution in [0.5, 0.6) is 17.4 Å². The lowest BCUT2D eigenvalue weighted by atomic mass is 10.3. The third kappa shape index (κ3) is 3.23. The van der Waals surface area contributed by atoms with Crippen LogP contribution in [0.3, 0.4) is 0 Å². The summed E-state index contributed by atoms with van der Waals surface area (Å²) in [5, 5.41) is 0. The number of fused-ring (bicyclic) bond motifs is 1. The molecular weight excluding hydrogens is 315 g/mol. The minimum Gasteiger partial charge on any atom is -0.434 e. The minimum absolute atomic E-state index is 0.0909. The first-order valence-corrected chi connectivity index (χ1v) is 6.21. The van der Waals surface area contributed by atoms with E-state index in [1.54, 1.807) is 6.29 Å². The standard InChI is InChI=1S/C14H7F3N3O3/c15-14(16,17)23-10-4-2-1-3-9(10)22-11-6-19-13-12(20-11)8(7-21)5-18-13/h1-6H,(H,18,19). The number of nitrogens with zero attached hydrogens (tertiary/aromatic N) is 2. The second kappa shape index (κ2) is 5.59. The summed E-state index contributed by atoms with van der Waals surface area (Å²) in [6.45, 7) is 0. The normalized spacial score (nSPS) is 11.4. The summed E-state index contributed by atoms with van der Waals surface area (Å²) in [6, 6.07) is 5.24. The molecule has 0 unspecified atom stereocenters. The molecule has 23 heavy (non-hydrogen) atoms. The number of ether oxygens (including phenoxy) is 2. The number of alkyl halides is 3. The molecule has 6 nitrogen and oxygen atoms in total.